The normalized spacial score (nSPS) is 12.4. The Hall–Kier alpha value is 2.48. The fourth-order valence-corrected chi connectivity index (χ4v) is 0. The Bertz CT molecular complexity index is 32.6. The van der Waals surface area contributed by atoms with E-state index in [4.69, 9.17) is 8.76 Å². The number of hydrogen-bond acceptors (Lipinski definition) is 2. The van der Waals surface area contributed by atoms with E-state index in [0.29, 0.717) is 0 Å². The molecule has 5 heteroatoms. The van der Waals surface area contributed by atoms with Crippen molar-refractivity contribution in [3.05, 3.63) is 0 Å². The van der Waals surface area contributed by atoms with E-state index in [1.54, 1.807) is 0 Å². The Morgan fingerprint density at radius 1 is 1.80 bits per heavy atom. The SMILES string of the molecule is O=S([O-])I.[K+]. The molecule has 5 heavy (non-hydrogen) atoms. The Morgan fingerprint density at radius 2 is 1.80 bits per heavy atom. The molecule has 1 unspecified atom stereocenters. The molecule has 0 aliphatic rings. The van der Waals surface area contributed by atoms with Crippen LogP contribution in [0, 0.1) is 0 Å². The molecule has 0 aliphatic heterocycles. The van der Waals surface area contributed by atoms with Gasteiger partial charge in [-0.05, 0) is 0 Å². The summed E-state index contributed by atoms with van der Waals surface area (Å²) in [6.07, 6.45) is 0. The van der Waals surface area contributed by atoms with Gasteiger partial charge in [-0.3, -0.25) is 4.21 Å². The zero-order valence-corrected chi connectivity index (χ0v) is 8.70. The third-order valence-corrected chi connectivity index (χ3v) is 0. The van der Waals surface area contributed by atoms with Crippen LogP contribution in [0.5, 0.6) is 0 Å². The molecule has 0 bridgehead atoms. The van der Waals surface area contributed by atoms with Gasteiger partial charge < -0.3 is 4.55 Å². The molecule has 2 nitrogen and oxygen atoms in total. The van der Waals surface area contributed by atoms with Crippen molar-refractivity contribution >= 4 is 29.5 Å². The van der Waals surface area contributed by atoms with E-state index < -0.39 is 8.25 Å². The average molecular weight is 230 g/mol. The topological polar surface area (TPSA) is 40.1 Å². The molecular weight excluding hydrogens is 230 g/mol. The van der Waals surface area contributed by atoms with Gasteiger partial charge in [0.1, 0.15) is 0 Å². The first-order valence-corrected chi connectivity index (χ1v) is 4.11. The quantitative estimate of drug-likeness (QED) is 0.195. The van der Waals surface area contributed by atoms with E-state index in [2.05, 4.69) is 0 Å². The molecule has 26 valence electrons. The summed E-state index contributed by atoms with van der Waals surface area (Å²) in [5, 5.41) is 0. The van der Waals surface area contributed by atoms with Crippen LogP contribution in [0.1, 0.15) is 0 Å². The number of rotatable bonds is 0. The monoisotopic (exact) mass is 230 g/mol. The van der Waals surface area contributed by atoms with E-state index in [-0.39, 0.29) is 51.4 Å². The fourth-order valence-electron chi connectivity index (χ4n) is 0. The van der Waals surface area contributed by atoms with Crippen molar-refractivity contribution in [1.29, 1.82) is 0 Å². The Morgan fingerprint density at radius 3 is 1.80 bits per heavy atom. The smallest absolute Gasteiger partial charge is 0.764 e. The van der Waals surface area contributed by atoms with Gasteiger partial charge in [0.05, 0.1) is 0 Å². The van der Waals surface area contributed by atoms with Crippen LogP contribution in [0.25, 0.3) is 0 Å². The van der Waals surface area contributed by atoms with E-state index in [9.17, 15) is 0 Å². The number of halogens is 1. The molecule has 1 atom stereocenters. The largest absolute Gasteiger partial charge is 1.00 e. The van der Waals surface area contributed by atoms with Crippen molar-refractivity contribution < 1.29 is 60.1 Å². The van der Waals surface area contributed by atoms with E-state index in [1.165, 1.54) is 21.2 Å². The van der Waals surface area contributed by atoms with Gasteiger partial charge in [0.25, 0.3) is 0 Å². The minimum absolute atomic E-state index is 0. The maximum absolute atomic E-state index is 8.99. The second kappa shape index (κ2) is 6.48. The van der Waals surface area contributed by atoms with Crippen LogP contribution in [-0.4, -0.2) is 8.76 Å². The molecule has 0 N–H and O–H groups in total. The summed E-state index contributed by atoms with van der Waals surface area (Å²) >= 11 is 1.26. The summed E-state index contributed by atoms with van der Waals surface area (Å²) in [6.45, 7) is 0. The predicted molar refractivity (Wildman–Crippen MR) is 22.9 cm³/mol. The third kappa shape index (κ3) is 21.2. The molecule has 0 fully saturated rings. The molecule has 0 spiro atoms. The van der Waals surface area contributed by atoms with Gasteiger partial charge >= 0.3 is 51.4 Å². The third-order valence-electron chi connectivity index (χ3n) is 0. The van der Waals surface area contributed by atoms with E-state index in [1.807, 2.05) is 0 Å². The average Bonchev–Trinajstić information content (AvgIpc) is 0.811. The van der Waals surface area contributed by atoms with Crippen molar-refractivity contribution in [3.63, 3.8) is 0 Å². The van der Waals surface area contributed by atoms with Gasteiger partial charge in [-0.15, -0.1) is 0 Å². The standard InChI is InChI=1S/HIO2S.K/c1-4(2)3;/h(H,2,3);/q;+1/p-1. The fraction of sp³-hybridized carbons (Fsp3) is 0. The molecule has 0 radical (unpaired) electrons. The van der Waals surface area contributed by atoms with Crippen LogP contribution in [0.15, 0.2) is 0 Å². The van der Waals surface area contributed by atoms with Gasteiger partial charge in [-0.2, -0.15) is 0 Å². The van der Waals surface area contributed by atoms with Crippen LogP contribution in [0.4, 0.5) is 0 Å². The molecule has 0 saturated heterocycles. The molecule has 0 aromatic rings. The van der Waals surface area contributed by atoms with Gasteiger partial charge in [-0.25, -0.2) is 0 Å². The Kier molecular flexibility index (Phi) is 13.5. The van der Waals surface area contributed by atoms with E-state index in [0.717, 1.165) is 0 Å². The van der Waals surface area contributed by atoms with Gasteiger partial charge in [0, 0.05) is 29.5 Å². The first kappa shape index (κ1) is 10.5. The van der Waals surface area contributed by atoms with Crippen LogP contribution in [0.2, 0.25) is 0 Å². The minimum atomic E-state index is -1.89. The first-order valence-electron chi connectivity index (χ1n) is 0.488. The molecular formula is IKO2S. The van der Waals surface area contributed by atoms with Crippen LogP contribution >= 0.6 is 21.2 Å². The Balaban J connectivity index is 0. The van der Waals surface area contributed by atoms with Crippen molar-refractivity contribution in [2.45, 2.75) is 0 Å². The van der Waals surface area contributed by atoms with Crippen molar-refractivity contribution in [1.82, 2.24) is 0 Å². The minimum Gasteiger partial charge on any atom is -0.764 e. The summed E-state index contributed by atoms with van der Waals surface area (Å²) < 4.78 is 18.0. The van der Waals surface area contributed by atoms with Crippen LogP contribution < -0.4 is 51.4 Å². The molecule has 0 aliphatic carbocycles. The maximum atomic E-state index is 8.99. The summed E-state index contributed by atoms with van der Waals surface area (Å²) in [6, 6.07) is 0. The molecule has 0 heterocycles. The molecule has 0 rings (SSSR count). The first-order chi connectivity index (χ1) is 1.73. The summed E-state index contributed by atoms with van der Waals surface area (Å²) in [5.41, 5.74) is 0. The van der Waals surface area contributed by atoms with Crippen molar-refractivity contribution in [3.8, 4) is 0 Å². The van der Waals surface area contributed by atoms with Crippen LogP contribution in [0.3, 0.4) is 0 Å². The number of hydrogen-bond donors (Lipinski definition) is 0. The van der Waals surface area contributed by atoms with Gasteiger partial charge in [0.2, 0.25) is 0 Å². The second-order valence-corrected chi connectivity index (χ2v) is 2.74. The Labute approximate surface area is 87.4 Å². The molecule has 0 amide bonds. The maximum Gasteiger partial charge on any atom is 1.00 e. The summed E-state index contributed by atoms with van der Waals surface area (Å²) in [5.74, 6) is 0. The zero-order chi connectivity index (χ0) is 3.58. The molecule has 0 saturated carbocycles. The van der Waals surface area contributed by atoms with Gasteiger partial charge in [-0.1, -0.05) is 0 Å². The predicted octanol–water partition coefficient (Wildman–Crippen LogP) is -2.78. The summed E-state index contributed by atoms with van der Waals surface area (Å²) in [7, 11) is -1.89. The zero-order valence-electron chi connectivity index (χ0n) is 2.60. The van der Waals surface area contributed by atoms with Crippen LogP contribution in [-0.2, 0) is 8.25 Å². The van der Waals surface area contributed by atoms with Crippen molar-refractivity contribution in [2.24, 2.45) is 0 Å². The molecule has 0 aromatic carbocycles. The summed E-state index contributed by atoms with van der Waals surface area (Å²) in [4.78, 5) is 0. The molecule has 0 aromatic heterocycles. The van der Waals surface area contributed by atoms with Gasteiger partial charge in [0.15, 0.2) is 0 Å². The van der Waals surface area contributed by atoms with Crippen molar-refractivity contribution in [2.75, 3.05) is 0 Å². The second-order valence-electron chi connectivity index (χ2n) is 0.194. The van der Waals surface area contributed by atoms with E-state index >= 15 is 0 Å².